The van der Waals surface area contributed by atoms with Gasteiger partial charge in [-0.05, 0) is 37.5 Å². The average molecular weight is 441 g/mol. The molecule has 1 aromatic heterocycles. The number of aryl methyl sites for hydroxylation is 1. The molecule has 1 heterocycles. The minimum atomic E-state index is 0. The fourth-order valence-corrected chi connectivity index (χ4v) is 3.56. The Kier molecular flexibility index (Phi) is 6.47. The zero-order chi connectivity index (χ0) is 15.4. The third kappa shape index (κ3) is 4.70. The summed E-state index contributed by atoms with van der Waals surface area (Å²) in [5.41, 5.74) is 1.74. The maximum absolute atomic E-state index is 4.33. The number of nitrogens with zero attached hydrogens (tertiary/aromatic N) is 1. The highest BCUT2D eigenvalue weighted by Gasteiger charge is 2.43. The second-order valence-corrected chi connectivity index (χ2v) is 7.31. The third-order valence-corrected chi connectivity index (χ3v) is 5.28. The standard InChI is InChI=1S/C18H23N3S.HI/c1-14-8-9-16(22-14)12-20-17(19-2)21-13-18(10-11-18)15-6-4-3-5-7-15;/h3-9H,10-13H2,1-2H3,(H2,19,20,21);1H. The molecule has 1 aliphatic rings. The van der Waals surface area contributed by atoms with Crippen LogP contribution >= 0.6 is 35.3 Å². The van der Waals surface area contributed by atoms with Crippen LogP contribution in [-0.4, -0.2) is 19.6 Å². The van der Waals surface area contributed by atoms with Gasteiger partial charge in [0.05, 0.1) is 6.54 Å². The van der Waals surface area contributed by atoms with E-state index in [1.807, 2.05) is 18.4 Å². The van der Waals surface area contributed by atoms with Gasteiger partial charge in [-0.1, -0.05) is 30.3 Å². The number of thiophene rings is 1. The summed E-state index contributed by atoms with van der Waals surface area (Å²) in [6.07, 6.45) is 2.51. The van der Waals surface area contributed by atoms with Gasteiger partial charge >= 0.3 is 0 Å². The molecule has 0 unspecified atom stereocenters. The van der Waals surface area contributed by atoms with E-state index in [9.17, 15) is 0 Å². The molecule has 124 valence electrons. The lowest BCUT2D eigenvalue weighted by Gasteiger charge is -2.19. The van der Waals surface area contributed by atoms with Gasteiger partial charge in [-0.15, -0.1) is 35.3 Å². The van der Waals surface area contributed by atoms with E-state index >= 15 is 0 Å². The lowest BCUT2D eigenvalue weighted by atomic mass is 9.96. The quantitative estimate of drug-likeness (QED) is 0.417. The monoisotopic (exact) mass is 441 g/mol. The Labute approximate surface area is 159 Å². The molecule has 1 aliphatic carbocycles. The van der Waals surface area contributed by atoms with Crippen molar-refractivity contribution in [2.45, 2.75) is 31.7 Å². The van der Waals surface area contributed by atoms with Gasteiger partial charge < -0.3 is 10.6 Å². The normalized spacial score (nSPS) is 15.7. The summed E-state index contributed by atoms with van der Waals surface area (Å²) in [7, 11) is 1.83. The molecule has 1 saturated carbocycles. The topological polar surface area (TPSA) is 36.4 Å². The second kappa shape index (κ2) is 8.15. The Hall–Kier alpha value is -1.08. The van der Waals surface area contributed by atoms with E-state index in [1.165, 1.54) is 28.2 Å². The fraction of sp³-hybridized carbons (Fsp3) is 0.389. The van der Waals surface area contributed by atoms with Gasteiger partial charge in [0, 0.05) is 28.8 Å². The van der Waals surface area contributed by atoms with Crippen LogP contribution < -0.4 is 10.6 Å². The van der Waals surface area contributed by atoms with Crippen LogP contribution in [0.4, 0.5) is 0 Å². The number of nitrogens with one attached hydrogen (secondary N) is 2. The van der Waals surface area contributed by atoms with Crippen molar-refractivity contribution in [2.75, 3.05) is 13.6 Å². The highest BCUT2D eigenvalue weighted by molar-refractivity contribution is 14.0. The van der Waals surface area contributed by atoms with Crippen molar-refractivity contribution in [3.8, 4) is 0 Å². The van der Waals surface area contributed by atoms with Crippen LogP contribution in [0.15, 0.2) is 47.5 Å². The van der Waals surface area contributed by atoms with Crippen LogP contribution in [0.25, 0.3) is 0 Å². The first-order chi connectivity index (χ1) is 10.7. The maximum Gasteiger partial charge on any atom is 0.191 e. The number of benzene rings is 1. The number of hydrogen-bond donors (Lipinski definition) is 2. The number of rotatable bonds is 5. The van der Waals surface area contributed by atoms with Gasteiger partial charge in [-0.2, -0.15) is 0 Å². The molecule has 3 nitrogen and oxygen atoms in total. The summed E-state index contributed by atoms with van der Waals surface area (Å²) in [5.74, 6) is 0.883. The maximum atomic E-state index is 4.33. The molecule has 0 amide bonds. The van der Waals surface area contributed by atoms with Crippen LogP contribution in [0.1, 0.15) is 28.2 Å². The Morgan fingerprint density at radius 1 is 1.13 bits per heavy atom. The molecule has 0 aliphatic heterocycles. The first kappa shape index (κ1) is 18.3. The summed E-state index contributed by atoms with van der Waals surface area (Å²) in [4.78, 5) is 7.02. The molecule has 23 heavy (non-hydrogen) atoms. The fourth-order valence-electron chi connectivity index (χ4n) is 2.73. The predicted octanol–water partition coefficient (Wildman–Crippen LogP) is 4.07. The zero-order valence-electron chi connectivity index (χ0n) is 13.6. The van der Waals surface area contributed by atoms with Gasteiger partial charge in [0.25, 0.3) is 0 Å². The van der Waals surface area contributed by atoms with Crippen LogP contribution in [-0.2, 0) is 12.0 Å². The van der Waals surface area contributed by atoms with Gasteiger partial charge in [-0.25, -0.2) is 0 Å². The number of halogens is 1. The molecular formula is C18H24IN3S. The van der Waals surface area contributed by atoms with E-state index in [2.05, 4.69) is 65.0 Å². The van der Waals surface area contributed by atoms with Crippen molar-refractivity contribution in [1.29, 1.82) is 0 Å². The van der Waals surface area contributed by atoms with Crippen molar-refractivity contribution in [3.05, 3.63) is 57.8 Å². The van der Waals surface area contributed by atoms with E-state index in [1.54, 1.807) is 0 Å². The van der Waals surface area contributed by atoms with Crippen LogP contribution in [0.2, 0.25) is 0 Å². The molecular weight excluding hydrogens is 417 g/mol. The summed E-state index contributed by atoms with van der Waals surface area (Å²) >= 11 is 1.83. The molecule has 5 heteroatoms. The largest absolute Gasteiger partial charge is 0.356 e. The summed E-state index contributed by atoms with van der Waals surface area (Å²) < 4.78 is 0. The lowest BCUT2D eigenvalue weighted by molar-refractivity contribution is 0.646. The van der Waals surface area contributed by atoms with E-state index in [4.69, 9.17) is 0 Å². The number of hydrogen-bond acceptors (Lipinski definition) is 2. The highest BCUT2D eigenvalue weighted by Crippen LogP contribution is 2.47. The van der Waals surface area contributed by atoms with Crippen molar-refractivity contribution >= 4 is 41.3 Å². The Morgan fingerprint density at radius 3 is 2.43 bits per heavy atom. The molecule has 2 N–H and O–H groups in total. The van der Waals surface area contributed by atoms with E-state index in [0.29, 0.717) is 5.41 Å². The Morgan fingerprint density at radius 2 is 1.87 bits per heavy atom. The minimum absolute atomic E-state index is 0. The van der Waals surface area contributed by atoms with Gasteiger partial charge in [0.15, 0.2) is 5.96 Å². The van der Waals surface area contributed by atoms with Gasteiger partial charge in [0.1, 0.15) is 0 Å². The van der Waals surface area contributed by atoms with Gasteiger partial charge in [-0.3, -0.25) is 4.99 Å². The van der Waals surface area contributed by atoms with E-state index in [-0.39, 0.29) is 24.0 Å². The first-order valence-electron chi connectivity index (χ1n) is 7.77. The summed E-state index contributed by atoms with van der Waals surface area (Å²) in [6.45, 7) is 3.91. The molecule has 2 aromatic rings. The predicted molar refractivity (Wildman–Crippen MR) is 110 cm³/mol. The van der Waals surface area contributed by atoms with Crippen LogP contribution in [0.5, 0.6) is 0 Å². The SMILES string of the molecule is CN=C(NCc1ccc(C)s1)NCC1(c2ccccc2)CC1.I. The molecule has 3 rings (SSSR count). The van der Waals surface area contributed by atoms with Crippen LogP contribution in [0.3, 0.4) is 0 Å². The molecule has 0 bridgehead atoms. The first-order valence-corrected chi connectivity index (χ1v) is 8.59. The average Bonchev–Trinajstić information content (AvgIpc) is 3.24. The Bertz CT molecular complexity index is 647. The third-order valence-electron chi connectivity index (χ3n) is 4.28. The molecule has 1 aromatic carbocycles. The van der Waals surface area contributed by atoms with Crippen molar-refractivity contribution in [3.63, 3.8) is 0 Å². The van der Waals surface area contributed by atoms with E-state index < -0.39 is 0 Å². The summed E-state index contributed by atoms with van der Waals surface area (Å²) in [6, 6.07) is 15.1. The summed E-state index contributed by atoms with van der Waals surface area (Å²) in [5, 5.41) is 6.89. The number of aliphatic imine (C=N–C) groups is 1. The smallest absolute Gasteiger partial charge is 0.191 e. The van der Waals surface area contributed by atoms with E-state index in [0.717, 1.165) is 19.0 Å². The lowest BCUT2D eigenvalue weighted by Crippen LogP contribution is -2.40. The molecule has 0 atom stereocenters. The molecule has 1 fully saturated rings. The van der Waals surface area contributed by atoms with Crippen molar-refractivity contribution in [1.82, 2.24) is 10.6 Å². The highest BCUT2D eigenvalue weighted by atomic mass is 127. The minimum Gasteiger partial charge on any atom is -0.356 e. The number of guanidine groups is 1. The Balaban J connectivity index is 0.00000192. The molecule has 0 radical (unpaired) electrons. The molecule has 0 spiro atoms. The van der Waals surface area contributed by atoms with Gasteiger partial charge in [0.2, 0.25) is 0 Å². The second-order valence-electron chi connectivity index (χ2n) is 5.94. The zero-order valence-corrected chi connectivity index (χ0v) is 16.8. The van der Waals surface area contributed by atoms with Crippen molar-refractivity contribution in [2.24, 2.45) is 4.99 Å². The van der Waals surface area contributed by atoms with Crippen molar-refractivity contribution < 1.29 is 0 Å². The molecule has 0 saturated heterocycles. The van der Waals surface area contributed by atoms with Crippen LogP contribution in [0, 0.1) is 6.92 Å².